The lowest BCUT2D eigenvalue weighted by molar-refractivity contribution is 0.433. The molecule has 0 fully saturated rings. The Balaban J connectivity index is 3.01. The lowest BCUT2D eigenvalue weighted by atomic mass is 10.3. The van der Waals surface area contributed by atoms with Crippen molar-refractivity contribution in [3.63, 3.8) is 0 Å². The predicted molar refractivity (Wildman–Crippen MR) is 75.5 cm³/mol. The van der Waals surface area contributed by atoms with Crippen LogP contribution in [-0.4, -0.2) is 31.9 Å². The standard InChI is InChI=1S/C13H24N2O3S/c1-6-15(7-2)19(16,17)13-8-12(18-11(13)5)9-14-10(3)4/h8,10,14H,6-7,9H2,1-5H3. The van der Waals surface area contributed by atoms with Crippen LogP contribution in [0.25, 0.3) is 0 Å². The van der Waals surface area contributed by atoms with Crippen molar-refractivity contribution in [2.24, 2.45) is 0 Å². The van der Waals surface area contributed by atoms with Crippen LogP contribution in [0.1, 0.15) is 39.2 Å². The van der Waals surface area contributed by atoms with Gasteiger partial charge in [-0.05, 0) is 6.92 Å². The first-order valence-corrected chi connectivity index (χ1v) is 8.09. The number of rotatable bonds is 7. The normalized spacial score (nSPS) is 12.6. The summed E-state index contributed by atoms with van der Waals surface area (Å²) in [4.78, 5) is 0.275. The summed E-state index contributed by atoms with van der Waals surface area (Å²) in [6.45, 7) is 10.9. The highest BCUT2D eigenvalue weighted by Crippen LogP contribution is 2.23. The van der Waals surface area contributed by atoms with Gasteiger partial charge in [0.05, 0.1) is 6.54 Å². The Kier molecular flexibility index (Phi) is 5.58. The zero-order valence-corrected chi connectivity index (χ0v) is 13.2. The predicted octanol–water partition coefficient (Wildman–Crippen LogP) is 2.12. The van der Waals surface area contributed by atoms with Gasteiger partial charge in [0, 0.05) is 25.2 Å². The Labute approximate surface area is 116 Å². The summed E-state index contributed by atoms with van der Waals surface area (Å²) in [6.07, 6.45) is 0. The molecular weight excluding hydrogens is 264 g/mol. The summed E-state index contributed by atoms with van der Waals surface area (Å²) < 4.78 is 31.8. The molecule has 0 saturated carbocycles. The van der Waals surface area contributed by atoms with Crippen LogP contribution in [0.4, 0.5) is 0 Å². The summed E-state index contributed by atoms with van der Waals surface area (Å²) in [6, 6.07) is 1.95. The molecule has 19 heavy (non-hydrogen) atoms. The smallest absolute Gasteiger partial charge is 0.246 e. The summed E-state index contributed by atoms with van der Waals surface area (Å²) in [5, 5.41) is 3.21. The minimum Gasteiger partial charge on any atom is -0.464 e. The zero-order valence-electron chi connectivity index (χ0n) is 12.4. The van der Waals surface area contributed by atoms with Crippen LogP contribution in [0.5, 0.6) is 0 Å². The van der Waals surface area contributed by atoms with Gasteiger partial charge in [0.1, 0.15) is 16.4 Å². The highest BCUT2D eigenvalue weighted by molar-refractivity contribution is 7.89. The second-order valence-corrected chi connectivity index (χ2v) is 6.66. The lowest BCUT2D eigenvalue weighted by Gasteiger charge is -2.17. The number of nitrogens with one attached hydrogen (secondary N) is 1. The van der Waals surface area contributed by atoms with E-state index >= 15 is 0 Å². The van der Waals surface area contributed by atoms with Crippen molar-refractivity contribution in [1.82, 2.24) is 9.62 Å². The molecule has 0 amide bonds. The van der Waals surface area contributed by atoms with Crippen molar-refractivity contribution in [1.29, 1.82) is 0 Å². The third kappa shape index (κ3) is 3.81. The average Bonchev–Trinajstić information content (AvgIpc) is 2.70. The van der Waals surface area contributed by atoms with E-state index in [0.29, 0.717) is 37.2 Å². The highest BCUT2D eigenvalue weighted by atomic mass is 32.2. The van der Waals surface area contributed by atoms with Crippen LogP contribution in [0.3, 0.4) is 0 Å². The van der Waals surface area contributed by atoms with Gasteiger partial charge < -0.3 is 9.73 Å². The molecule has 6 heteroatoms. The van der Waals surface area contributed by atoms with E-state index in [4.69, 9.17) is 4.42 Å². The topological polar surface area (TPSA) is 62.6 Å². The monoisotopic (exact) mass is 288 g/mol. The Morgan fingerprint density at radius 3 is 2.37 bits per heavy atom. The van der Waals surface area contributed by atoms with Gasteiger partial charge in [-0.1, -0.05) is 27.7 Å². The number of nitrogens with zero attached hydrogens (tertiary/aromatic N) is 1. The molecule has 1 heterocycles. The molecule has 0 spiro atoms. The fourth-order valence-electron chi connectivity index (χ4n) is 1.87. The molecule has 0 aliphatic rings. The van der Waals surface area contributed by atoms with Gasteiger partial charge in [-0.3, -0.25) is 0 Å². The first-order chi connectivity index (χ1) is 8.82. The zero-order chi connectivity index (χ0) is 14.6. The number of sulfonamides is 1. The van der Waals surface area contributed by atoms with Gasteiger partial charge in [-0.2, -0.15) is 4.31 Å². The first-order valence-electron chi connectivity index (χ1n) is 6.65. The van der Waals surface area contributed by atoms with E-state index in [1.807, 2.05) is 27.7 Å². The van der Waals surface area contributed by atoms with Gasteiger partial charge in [0.15, 0.2) is 0 Å². The van der Waals surface area contributed by atoms with E-state index in [9.17, 15) is 8.42 Å². The maximum Gasteiger partial charge on any atom is 0.246 e. The first kappa shape index (κ1) is 16.2. The summed E-state index contributed by atoms with van der Waals surface area (Å²) in [5.41, 5.74) is 0. The molecule has 1 aromatic heterocycles. The molecule has 0 aliphatic carbocycles. The molecule has 1 aromatic rings. The van der Waals surface area contributed by atoms with E-state index in [1.165, 1.54) is 4.31 Å². The van der Waals surface area contributed by atoms with Gasteiger partial charge in [0.25, 0.3) is 0 Å². The van der Waals surface area contributed by atoms with Crippen LogP contribution in [0, 0.1) is 6.92 Å². The molecule has 1 rings (SSSR count). The van der Waals surface area contributed by atoms with Crippen LogP contribution < -0.4 is 5.32 Å². The molecule has 0 atom stereocenters. The van der Waals surface area contributed by atoms with E-state index in [2.05, 4.69) is 5.32 Å². The Morgan fingerprint density at radius 2 is 1.89 bits per heavy atom. The summed E-state index contributed by atoms with van der Waals surface area (Å²) >= 11 is 0. The van der Waals surface area contributed by atoms with Crippen molar-refractivity contribution in [3.05, 3.63) is 17.6 Å². The van der Waals surface area contributed by atoms with E-state index in [1.54, 1.807) is 13.0 Å². The Bertz CT molecular complexity index is 502. The maximum absolute atomic E-state index is 12.4. The number of hydrogen-bond donors (Lipinski definition) is 1. The van der Waals surface area contributed by atoms with Gasteiger partial charge in [0.2, 0.25) is 10.0 Å². The van der Waals surface area contributed by atoms with Crippen molar-refractivity contribution in [2.75, 3.05) is 13.1 Å². The summed E-state index contributed by atoms with van der Waals surface area (Å²) in [5.74, 6) is 1.10. The third-order valence-electron chi connectivity index (χ3n) is 2.93. The number of hydrogen-bond acceptors (Lipinski definition) is 4. The van der Waals surface area contributed by atoms with Gasteiger partial charge >= 0.3 is 0 Å². The van der Waals surface area contributed by atoms with Crippen molar-refractivity contribution >= 4 is 10.0 Å². The van der Waals surface area contributed by atoms with E-state index < -0.39 is 10.0 Å². The summed E-state index contributed by atoms with van der Waals surface area (Å²) in [7, 11) is -3.44. The van der Waals surface area contributed by atoms with E-state index in [0.717, 1.165) is 0 Å². The Morgan fingerprint density at radius 1 is 1.32 bits per heavy atom. The molecule has 0 saturated heterocycles. The minimum absolute atomic E-state index is 0.275. The molecule has 0 radical (unpaired) electrons. The number of aryl methyl sites for hydroxylation is 1. The van der Waals surface area contributed by atoms with Crippen molar-refractivity contribution in [2.45, 2.75) is 52.1 Å². The highest BCUT2D eigenvalue weighted by Gasteiger charge is 2.26. The van der Waals surface area contributed by atoms with Crippen LogP contribution in [-0.2, 0) is 16.6 Å². The average molecular weight is 288 g/mol. The minimum atomic E-state index is -3.44. The lowest BCUT2D eigenvalue weighted by Crippen LogP contribution is -2.30. The largest absolute Gasteiger partial charge is 0.464 e. The molecular formula is C13H24N2O3S. The molecule has 5 nitrogen and oxygen atoms in total. The molecule has 110 valence electrons. The SMILES string of the molecule is CCN(CC)S(=O)(=O)c1cc(CNC(C)C)oc1C. The second-order valence-electron chi connectivity index (χ2n) is 4.76. The van der Waals surface area contributed by atoms with Crippen molar-refractivity contribution < 1.29 is 12.8 Å². The van der Waals surface area contributed by atoms with Gasteiger partial charge in [-0.25, -0.2) is 8.42 Å². The van der Waals surface area contributed by atoms with Crippen LogP contribution >= 0.6 is 0 Å². The van der Waals surface area contributed by atoms with Gasteiger partial charge in [-0.15, -0.1) is 0 Å². The Hall–Kier alpha value is -0.850. The third-order valence-corrected chi connectivity index (χ3v) is 5.09. The van der Waals surface area contributed by atoms with Crippen molar-refractivity contribution in [3.8, 4) is 0 Å². The molecule has 0 bridgehead atoms. The number of furan rings is 1. The fourth-order valence-corrected chi connectivity index (χ4v) is 3.52. The second kappa shape index (κ2) is 6.54. The molecule has 0 aliphatic heterocycles. The molecule has 0 unspecified atom stereocenters. The fraction of sp³-hybridized carbons (Fsp3) is 0.692. The quantitative estimate of drug-likeness (QED) is 0.835. The maximum atomic E-state index is 12.4. The molecule has 0 aromatic carbocycles. The molecule has 1 N–H and O–H groups in total. The van der Waals surface area contributed by atoms with Crippen LogP contribution in [0.15, 0.2) is 15.4 Å². The van der Waals surface area contributed by atoms with Crippen LogP contribution in [0.2, 0.25) is 0 Å². The van der Waals surface area contributed by atoms with E-state index in [-0.39, 0.29) is 4.90 Å².